The number of hydrogen-bond donors (Lipinski definition) is 1. The Balaban J connectivity index is 2.15. The Morgan fingerprint density at radius 3 is 2.54 bits per heavy atom. The monoisotopic (exact) mass is 353 g/mol. The van der Waals surface area contributed by atoms with E-state index < -0.39 is 0 Å². The van der Waals surface area contributed by atoms with Gasteiger partial charge in [0.1, 0.15) is 17.7 Å². The van der Waals surface area contributed by atoms with Gasteiger partial charge in [0.15, 0.2) is 5.82 Å². The van der Waals surface area contributed by atoms with E-state index in [1.165, 1.54) is 0 Å². The summed E-state index contributed by atoms with van der Waals surface area (Å²) >= 11 is 0. The highest BCUT2D eigenvalue weighted by atomic mass is 16.5. The molecule has 6 heteroatoms. The Morgan fingerprint density at radius 1 is 1.19 bits per heavy atom. The smallest absolute Gasteiger partial charge is 0.155 e. The predicted molar refractivity (Wildman–Crippen MR) is 106 cm³/mol. The maximum Gasteiger partial charge on any atom is 0.155 e. The number of methoxy groups -OCH3 is 1. The Morgan fingerprint density at radius 2 is 1.92 bits per heavy atom. The lowest BCUT2D eigenvalue weighted by atomic mass is 10.1. The van der Waals surface area contributed by atoms with Crippen molar-refractivity contribution in [3.05, 3.63) is 36.7 Å². The third-order valence-corrected chi connectivity index (χ3v) is 4.54. The molecule has 6 nitrogen and oxygen atoms in total. The summed E-state index contributed by atoms with van der Waals surface area (Å²) in [5.74, 6) is 7.89. The molecule has 3 aromatic rings. The first-order valence-electron chi connectivity index (χ1n) is 9.09. The average molecular weight is 353 g/mol. The number of ether oxygens (including phenoxy) is 1. The van der Waals surface area contributed by atoms with Crippen LogP contribution in [0.15, 0.2) is 36.7 Å². The molecule has 0 radical (unpaired) electrons. The molecule has 2 heterocycles. The van der Waals surface area contributed by atoms with Gasteiger partial charge in [0.05, 0.1) is 18.2 Å². The van der Waals surface area contributed by atoms with Crippen molar-refractivity contribution in [1.29, 1.82) is 0 Å². The van der Waals surface area contributed by atoms with E-state index in [1.807, 2.05) is 12.1 Å². The maximum atomic E-state index is 6.28. The number of benzene rings is 1. The van der Waals surface area contributed by atoms with E-state index >= 15 is 0 Å². The normalized spacial score (nSPS) is 11.3. The zero-order valence-corrected chi connectivity index (χ0v) is 15.9. The van der Waals surface area contributed by atoms with Gasteiger partial charge in [0.25, 0.3) is 0 Å². The second-order valence-corrected chi connectivity index (χ2v) is 6.70. The van der Waals surface area contributed by atoms with E-state index in [0.717, 1.165) is 53.2 Å². The Hall–Kier alpha value is -2.60. The first kappa shape index (κ1) is 18.2. The molecule has 0 fully saturated rings. The molecular weight excluding hydrogens is 326 g/mol. The summed E-state index contributed by atoms with van der Waals surface area (Å²) in [5, 5.41) is 2.71. The van der Waals surface area contributed by atoms with Crippen LogP contribution in [0.3, 0.4) is 0 Å². The molecule has 2 aromatic heterocycles. The van der Waals surface area contributed by atoms with E-state index in [4.69, 9.17) is 10.6 Å². The van der Waals surface area contributed by atoms with Crippen LogP contribution in [0.25, 0.3) is 22.3 Å². The highest BCUT2D eigenvalue weighted by molar-refractivity contribution is 5.92. The molecule has 0 bridgehead atoms. The average Bonchev–Trinajstić information content (AvgIpc) is 3.05. The summed E-state index contributed by atoms with van der Waals surface area (Å²) in [6, 6.07) is 10.5. The summed E-state index contributed by atoms with van der Waals surface area (Å²) in [6.45, 7) is 7.24. The fraction of sp³-hybridized carbons (Fsp3) is 0.400. The topological polar surface area (TPSA) is 69.2 Å². The van der Waals surface area contributed by atoms with Crippen molar-refractivity contribution in [3.63, 3.8) is 0 Å². The molecule has 3 rings (SSSR count). The van der Waals surface area contributed by atoms with Crippen molar-refractivity contribution in [1.82, 2.24) is 14.5 Å². The van der Waals surface area contributed by atoms with Crippen LogP contribution in [0.1, 0.15) is 39.7 Å². The molecule has 2 N–H and O–H groups in total. The van der Waals surface area contributed by atoms with Crippen molar-refractivity contribution >= 4 is 16.9 Å². The highest BCUT2D eigenvalue weighted by Gasteiger charge is 2.19. The number of aromatic nitrogens is 3. The molecule has 0 unspecified atom stereocenters. The second kappa shape index (κ2) is 7.74. The van der Waals surface area contributed by atoms with Crippen LogP contribution in [0.2, 0.25) is 0 Å². The molecule has 1 aromatic carbocycles. The van der Waals surface area contributed by atoms with E-state index in [9.17, 15) is 0 Å². The van der Waals surface area contributed by atoms with E-state index in [2.05, 4.69) is 53.5 Å². The van der Waals surface area contributed by atoms with Gasteiger partial charge in [-0.15, -0.1) is 0 Å². The minimum absolute atomic E-state index is 0.259. The van der Waals surface area contributed by atoms with Gasteiger partial charge in [-0.3, -0.25) is 5.01 Å². The summed E-state index contributed by atoms with van der Waals surface area (Å²) in [6.07, 6.45) is 3.71. The SMILES string of the molecule is CCCCN(N)c1ncnc2c1cc(-c1ccc(OC)cc1)n2C(C)C. The van der Waals surface area contributed by atoms with Gasteiger partial charge in [0.2, 0.25) is 0 Å². The number of hydrazine groups is 1. The van der Waals surface area contributed by atoms with Crippen molar-refractivity contribution < 1.29 is 4.74 Å². The van der Waals surface area contributed by atoms with Crippen molar-refractivity contribution in [3.8, 4) is 17.0 Å². The number of rotatable bonds is 7. The largest absolute Gasteiger partial charge is 0.497 e. The van der Waals surface area contributed by atoms with E-state index in [1.54, 1.807) is 18.4 Å². The highest BCUT2D eigenvalue weighted by Crippen LogP contribution is 2.34. The van der Waals surface area contributed by atoms with Gasteiger partial charge in [-0.1, -0.05) is 13.3 Å². The lowest BCUT2D eigenvalue weighted by Gasteiger charge is -2.18. The van der Waals surface area contributed by atoms with Crippen LogP contribution in [-0.2, 0) is 0 Å². The number of anilines is 1. The van der Waals surface area contributed by atoms with E-state index in [-0.39, 0.29) is 6.04 Å². The Labute approximate surface area is 154 Å². The summed E-state index contributed by atoms with van der Waals surface area (Å²) in [7, 11) is 1.67. The molecule has 0 spiro atoms. The summed E-state index contributed by atoms with van der Waals surface area (Å²) in [4.78, 5) is 9.00. The number of nitrogens with zero attached hydrogens (tertiary/aromatic N) is 4. The van der Waals surface area contributed by atoms with Gasteiger partial charge < -0.3 is 9.30 Å². The molecular formula is C20H27N5O. The van der Waals surface area contributed by atoms with Crippen molar-refractivity contribution in [2.24, 2.45) is 5.84 Å². The van der Waals surface area contributed by atoms with Crippen LogP contribution in [0, 0.1) is 0 Å². The van der Waals surface area contributed by atoms with Crippen LogP contribution >= 0.6 is 0 Å². The molecule has 0 amide bonds. The van der Waals surface area contributed by atoms with Gasteiger partial charge in [-0.2, -0.15) is 0 Å². The third kappa shape index (κ3) is 3.37. The number of unbranched alkanes of at least 4 members (excludes halogenated alkanes) is 1. The fourth-order valence-corrected chi connectivity index (χ4v) is 3.19. The van der Waals surface area contributed by atoms with Gasteiger partial charge in [-0.05, 0) is 56.2 Å². The Bertz CT molecular complexity index is 870. The molecule has 0 aliphatic carbocycles. The first-order valence-corrected chi connectivity index (χ1v) is 9.09. The Kier molecular flexibility index (Phi) is 5.42. The van der Waals surface area contributed by atoms with Gasteiger partial charge in [0, 0.05) is 12.6 Å². The lowest BCUT2D eigenvalue weighted by Crippen LogP contribution is -2.32. The molecule has 138 valence electrons. The van der Waals surface area contributed by atoms with Crippen LogP contribution in [-0.4, -0.2) is 28.2 Å². The first-order chi connectivity index (χ1) is 12.6. The quantitative estimate of drug-likeness (QED) is 0.510. The van der Waals surface area contributed by atoms with Crippen LogP contribution < -0.4 is 15.6 Å². The minimum atomic E-state index is 0.259. The van der Waals surface area contributed by atoms with Crippen molar-refractivity contribution in [2.75, 3.05) is 18.7 Å². The second-order valence-electron chi connectivity index (χ2n) is 6.70. The molecule has 0 saturated heterocycles. The molecule has 0 saturated carbocycles. The molecule has 0 aliphatic heterocycles. The number of nitrogens with two attached hydrogens (primary N) is 1. The summed E-state index contributed by atoms with van der Waals surface area (Å²) in [5.41, 5.74) is 3.12. The van der Waals surface area contributed by atoms with Crippen molar-refractivity contribution in [2.45, 2.75) is 39.7 Å². The molecule has 0 atom stereocenters. The van der Waals surface area contributed by atoms with Gasteiger partial charge in [-0.25, -0.2) is 15.8 Å². The van der Waals surface area contributed by atoms with E-state index in [0.29, 0.717) is 0 Å². The van der Waals surface area contributed by atoms with Crippen LogP contribution in [0.4, 0.5) is 5.82 Å². The standard InChI is InChI=1S/C20H27N5O/c1-5-6-11-24(21)19-17-12-18(15-7-9-16(26-4)10-8-15)25(14(2)3)20(17)23-13-22-19/h7-10,12-14H,5-6,11,21H2,1-4H3. The number of fused-ring (bicyclic) bond motifs is 1. The molecule has 0 aliphatic rings. The predicted octanol–water partition coefficient (Wildman–Crippen LogP) is 4.17. The fourth-order valence-electron chi connectivity index (χ4n) is 3.19. The zero-order valence-electron chi connectivity index (χ0n) is 15.9. The third-order valence-electron chi connectivity index (χ3n) is 4.54. The lowest BCUT2D eigenvalue weighted by molar-refractivity contribution is 0.415. The maximum absolute atomic E-state index is 6.28. The minimum Gasteiger partial charge on any atom is -0.497 e. The van der Waals surface area contributed by atoms with Crippen LogP contribution in [0.5, 0.6) is 5.75 Å². The summed E-state index contributed by atoms with van der Waals surface area (Å²) < 4.78 is 7.51. The van der Waals surface area contributed by atoms with Gasteiger partial charge >= 0.3 is 0 Å². The molecule has 26 heavy (non-hydrogen) atoms. The zero-order chi connectivity index (χ0) is 18.7. The number of hydrogen-bond acceptors (Lipinski definition) is 5.